The van der Waals surface area contributed by atoms with Crippen LogP contribution in [0.15, 0.2) is 15.2 Å². The Morgan fingerprint density at radius 2 is 1.93 bits per heavy atom. The molecule has 1 heterocycles. The molecule has 1 aromatic heterocycles. The van der Waals surface area contributed by atoms with Gasteiger partial charge in [-0.15, -0.1) is 0 Å². The average molecular weight is 288 g/mol. The van der Waals surface area contributed by atoms with Gasteiger partial charge in [-0.25, -0.2) is 0 Å². The zero-order valence-electron chi connectivity index (χ0n) is 9.35. The minimum Gasteiger partial charge on any atom is -0.321 e. The van der Waals surface area contributed by atoms with Crippen molar-refractivity contribution in [1.29, 1.82) is 0 Å². The van der Waals surface area contributed by atoms with Gasteiger partial charge in [0.25, 0.3) is 0 Å². The summed E-state index contributed by atoms with van der Waals surface area (Å²) in [5, 5.41) is 4.34. The predicted octanol–water partition coefficient (Wildman–Crippen LogP) is 4.26. The fourth-order valence-corrected chi connectivity index (χ4v) is 4.36. The SMILES string of the molecule is CC1(C)CCCCC1(N)c1cscc1Br. The van der Waals surface area contributed by atoms with Crippen molar-refractivity contribution in [3.63, 3.8) is 0 Å². The second-order valence-corrected chi connectivity index (χ2v) is 6.79. The van der Waals surface area contributed by atoms with Gasteiger partial charge in [0, 0.05) is 15.4 Å². The molecule has 3 heteroatoms. The largest absolute Gasteiger partial charge is 0.321 e. The molecule has 84 valence electrons. The highest BCUT2D eigenvalue weighted by Crippen LogP contribution is 2.50. The lowest BCUT2D eigenvalue weighted by Crippen LogP contribution is -2.51. The van der Waals surface area contributed by atoms with Crippen LogP contribution in [0.5, 0.6) is 0 Å². The molecule has 0 saturated heterocycles. The van der Waals surface area contributed by atoms with Gasteiger partial charge in [0.05, 0.1) is 0 Å². The van der Waals surface area contributed by atoms with Crippen LogP contribution in [0.4, 0.5) is 0 Å². The van der Waals surface area contributed by atoms with Crippen molar-refractivity contribution in [3.05, 3.63) is 20.8 Å². The molecule has 2 N–H and O–H groups in total. The van der Waals surface area contributed by atoms with Crippen LogP contribution in [0.1, 0.15) is 45.1 Å². The minimum absolute atomic E-state index is 0.149. The zero-order valence-corrected chi connectivity index (χ0v) is 11.7. The van der Waals surface area contributed by atoms with Gasteiger partial charge in [-0.05, 0) is 45.1 Å². The number of thiophene rings is 1. The van der Waals surface area contributed by atoms with Crippen LogP contribution in [-0.2, 0) is 5.54 Å². The first-order valence-corrected chi connectivity index (χ1v) is 7.22. The minimum atomic E-state index is -0.149. The monoisotopic (exact) mass is 287 g/mol. The molecule has 0 aromatic carbocycles. The Morgan fingerprint density at radius 1 is 1.27 bits per heavy atom. The molecule has 15 heavy (non-hydrogen) atoms. The van der Waals surface area contributed by atoms with Crippen molar-refractivity contribution >= 4 is 27.3 Å². The Bertz CT molecular complexity index is 358. The highest BCUT2D eigenvalue weighted by atomic mass is 79.9. The van der Waals surface area contributed by atoms with Gasteiger partial charge >= 0.3 is 0 Å². The third kappa shape index (κ3) is 1.79. The maximum atomic E-state index is 6.68. The lowest BCUT2D eigenvalue weighted by molar-refractivity contribution is 0.0976. The molecular weight excluding hydrogens is 270 g/mol. The van der Waals surface area contributed by atoms with Gasteiger partial charge in [0.2, 0.25) is 0 Å². The van der Waals surface area contributed by atoms with E-state index in [0.717, 1.165) is 6.42 Å². The molecular formula is C12H18BrNS. The first-order chi connectivity index (χ1) is 6.97. The molecule has 0 aliphatic heterocycles. The second kappa shape index (κ2) is 3.86. The molecule has 1 aliphatic carbocycles. The second-order valence-electron chi connectivity index (χ2n) is 5.20. The van der Waals surface area contributed by atoms with Gasteiger partial charge in [0.1, 0.15) is 0 Å². The van der Waals surface area contributed by atoms with E-state index in [9.17, 15) is 0 Å². The van der Waals surface area contributed by atoms with E-state index in [1.165, 1.54) is 29.3 Å². The fraction of sp³-hybridized carbons (Fsp3) is 0.667. The number of rotatable bonds is 1. The van der Waals surface area contributed by atoms with E-state index >= 15 is 0 Å². The Labute approximate surface area is 104 Å². The van der Waals surface area contributed by atoms with Crippen LogP contribution in [0.25, 0.3) is 0 Å². The molecule has 2 rings (SSSR count). The van der Waals surface area contributed by atoms with E-state index < -0.39 is 0 Å². The first-order valence-electron chi connectivity index (χ1n) is 5.48. The van der Waals surface area contributed by atoms with E-state index in [2.05, 4.69) is 40.5 Å². The highest BCUT2D eigenvalue weighted by molar-refractivity contribution is 9.10. The third-order valence-electron chi connectivity index (χ3n) is 3.93. The molecule has 1 aliphatic rings. The van der Waals surface area contributed by atoms with Crippen LogP contribution in [0.2, 0.25) is 0 Å². The lowest BCUT2D eigenvalue weighted by Gasteiger charge is -2.48. The number of nitrogens with two attached hydrogens (primary N) is 1. The third-order valence-corrected chi connectivity index (χ3v) is 5.63. The lowest BCUT2D eigenvalue weighted by atomic mass is 9.61. The van der Waals surface area contributed by atoms with Crippen molar-refractivity contribution in [1.82, 2.24) is 0 Å². The normalized spacial score (nSPS) is 30.4. The quantitative estimate of drug-likeness (QED) is 0.820. The maximum absolute atomic E-state index is 6.68. The van der Waals surface area contributed by atoms with Gasteiger partial charge in [-0.2, -0.15) is 11.3 Å². The first kappa shape index (κ1) is 11.6. The summed E-state index contributed by atoms with van der Waals surface area (Å²) in [5.41, 5.74) is 8.04. The summed E-state index contributed by atoms with van der Waals surface area (Å²) in [6.07, 6.45) is 4.90. The van der Waals surface area contributed by atoms with Crippen molar-refractivity contribution in [2.75, 3.05) is 0 Å². The molecule has 0 amide bonds. The maximum Gasteiger partial charge on any atom is 0.0480 e. The fourth-order valence-electron chi connectivity index (χ4n) is 2.63. The molecule has 1 nitrogen and oxygen atoms in total. The summed E-state index contributed by atoms with van der Waals surface area (Å²) >= 11 is 5.35. The van der Waals surface area contributed by atoms with Crippen LogP contribution in [0.3, 0.4) is 0 Å². The van der Waals surface area contributed by atoms with Crippen LogP contribution >= 0.6 is 27.3 Å². The standard InChI is InChI=1S/C12H18BrNS/c1-11(2)5-3-4-6-12(11,14)9-7-15-8-10(9)13/h7-8H,3-6,14H2,1-2H3. The topological polar surface area (TPSA) is 26.0 Å². The summed E-state index contributed by atoms with van der Waals surface area (Å²) in [6.45, 7) is 4.60. The zero-order chi connectivity index (χ0) is 11.1. The van der Waals surface area contributed by atoms with Crippen molar-refractivity contribution in [2.24, 2.45) is 11.1 Å². The molecule has 1 saturated carbocycles. The summed E-state index contributed by atoms with van der Waals surface area (Å²) in [7, 11) is 0. The van der Waals surface area contributed by atoms with E-state index in [1.807, 2.05) is 0 Å². The van der Waals surface area contributed by atoms with Gasteiger partial charge in [-0.3, -0.25) is 0 Å². The molecule has 1 unspecified atom stereocenters. The molecule has 0 radical (unpaired) electrons. The van der Waals surface area contributed by atoms with E-state index in [-0.39, 0.29) is 11.0 Å². The smallest absolute Gasteiger partial charge is 0.0480 e. The number of halogens is 1. The van der Waals surface area contributed by atoms with Crippen molar-refractivity contribution in [2.45, 2.75) is 45.1 Å². The van der Waals surface area contributed by atoms with Crippen molar-refractivity contribution < 1.29 is 0 Å². The Morgan fingerprint density at radius 3 is 2.47 bits per heavy atom. The van der Waals surface area contributed by atoms with E-state index in [1.54, 1.807) is 11.3 Å². The van der Waals surface area contributed by atoms with Crippen molar-refractivity contribution in [3.8, 4) is 0 Å². The summed E-state index contributed by atoms with van der Waals surface area (Å²) < 4.78 is 1.19. The number of hydrogen-bond donors (Lipinski definition) is 1. The molecule has 1 fully saturated rings. The Balaban J connectivity index is 2.44. The van der Waals surface area contributed by atoms with Gasteiger partial charge < -0.3 is 5.73 Å². The molecule has 0 spiro atoms. The number of hydrogen-bond acceptors (Lipinski definition) is 2. The highest BCUT2D eigenvalue weighted by Gasteiger charge is 2.45. The molecule has 1 atom stereocenters. The molecule has 0 bridgehead atoms. The average Bonchev–Trinajstić information content (AvgIpc) is 2.57. The summed E-state index contributed by atoms with van der Waals surface area (Å²) in [5.74, 6) is 0. The van der Waals surface area contributed by atoms with E-state index in [4.69, 9.17) is 5.73 Å². The summed E-state index contributed by atoms with van der Waals surface area (Å²) in [4.78, 5) is 0. The Hall–Kier alpha value is 0.140. The van der Waals surface area contributed by atoms with E-state index in [0.29, 0.717) is 0 Å². The van der Waals surface area contributed by atoms with Gasteiger partial charge in [-0.1, -0.05) is 26.7 Å². The Kier molecular flexibility index (Phi) is 2.99. The van der Waals surface area contributed by atoms with Crippen LogP contribution in [-0.4, -0.2) is 0 Å². The summed E-state index contributed by atoms with van der Waals surface area (Å²) in [6, 6.07) is 0. The predicted molar refractivity (Wildman–Crippen MR) is 70.1 cm³/mol. The van der Waals surface area contributed by atoms with Gasteiger partial charge in [0.15, 0.2) is 0 Å². The molecule has 1 aromatic rings. The van der Waals surface area contributed by atoms with Crippen LogP contribution < -0.4 is 5.73 Å². The van der Waals surface area contributed by atoms with Crippen LogP contribution in [0, 0.1) is 5.41 Å².